The fourth-order valence-electron chi connectivity index (χ4n) is 2.53. The van der Waals surface area contributed by atoms with Crippen LogP contribution in [-0.2, 0) is 6.54 Å². The van der Waals surface area contributed by atoms with Crippen molar-refractivity contribution >= 4 is 5.69 Å². The largest absolute Gasteiger partial charge is 0.393 e. The summed E-state index contributed by atoms with van der Waals surface area (Å²) in [5.41, 5.74) is 2.90. The van der Waals surface area contributed by atoms with Gasteiger partial charge in [-0.2, -0.15) is 5.26 Å². The van der Waals surface area contributed by atoms with Crippen molar-refractivity contribution in [2.45, 2.75) is 51.8 Å². The quantitative estimate of drug-likeness (QED) is 0.896. The number of nitriles is 1. The van der Waals surface area contributed by atoms with Crippen LogP contribution in [0.3, 0.4) is 0 Å². The number of benzene rings is 1. The molecule has 4 nitrogen and oxygen atoms in total. The number of piperidine rings is 1. The zero-order valence-corrected chi connectivity index (χ0v) is 13.2. The smallest absolute Gasteiger partial charge is 0.101 e. The van der Waals surface area contributed by atoms with Crippen LogP contribution in [0.25, 0.3) is 0 Å². The number of anilines is 1. The Morgan fingerprint density at radius 3 is 2.57 bits per heavy atom. The van der Waals surface area contributed by atoms with E-state index < -0.39 is 0 Å². The molecule has 1 fully saturated rings. The first-order valence-electron chi connectivity index (χ1n) is 7.60. The molecule has 1 aliphatic rings. The van der Waals surface area contributed by atoms with Gasteiger partial charge in [0.1, 0.15) is 6.07 Å². The van der Waals surface area contributed by atoms with Crippen molar-refractivity contribution in [3.63, 3.8) is 0 Å². The number of nitrogens with zero attached hydrogens (tertiary/aromatic N) is 2. The Kier molecular flexibility index (Phi) is 4.87. The van der Waals surface area contributed by atoms with Crippen molar-refractivity contribution in [3.05, 3.63) is 29.3 Å². The number of hydrogen-bond donors (Lipinski definition) is 2. The summed E-state index contributed by atoms with van der Waals surface area (Å²) in [6, 6.07) is 8.40. The highest BCUT2D eigenvalue weighted by Gasteiger charge is 2.19. The highest BCUT2D eigenvalue weighted by molar-refractivity contribution is 5.60. The average Bonchev–Trinajstić information content (AvgIpc) is 2.45. The molecule has 1 aromatic rings. The van der Waals surface area contributed by atoms with E-state index in [2.05, 4.69) is 43.1 Å². The first-order chi connectivity index (χ1) is 9.89. The van der Waals surface area contributed by atoms with E-state index >= 15 is 0 Å². The Hall–Kier alpha value is -1.57. The molecular weight excluding hydrogens is 262 g/mol. The third kappa shape index (κ3) is 4.45. The molecule has 0 saturated carbocycles. The van der Waals surface area contributed by atoms with Gasteiger partial charge in [0.25, 0.3) is 0 Å². The summed E-state index contributed by atoms with van der Waals surface area (Å²) in [6.07, 6.45) is 1.36. The number of aliphatic hydroxyl groups is 1. The molecule has 0 amide bonds. The van der Waals surface area contributed by atoms with Crippen LogP contribution in [0.5, 0.6) is 0 Å². The molecular formula is C17H25N3O. The van der Waals surface area contributed by atoms with Gasteiger partial charge in [0.15, 0.2) is 0 Å². The number of rotatable bonds is 3. The first-order valence-corrected chi connectivity index (χ1v) is 7.60. The second kappa shape index (κ2) is 6.46. The molecule has 114 valence electrons. The maximum Gasteiger partial charge on any atom is 0.101 e. The van der Waals surface area contributed by atoms with Crippen LogP contribution < -0.4 is 10.2 Å². The van der Waals surface area contributed by atoms with Crippen molar-refractivity contribution in [1.29, 1.82) is 5.26 Å². The predicted octanol–water partition coefficient (Wildman–Crippen LogP) is 2.41. The van der Waals surface area contributed by atoms with E-state index in [0.29, 0.717) is 0 Å². The summed E-state index contributed by atoms with van der Waals surface area (Å²) in [5.74, 6) is 0. The van der Waals surface area contributed by atoms with Gasteiger partial charge in [-0.25, -0.2) is 0 Å². The van der Waals surface area contributed by atoms with E-state index in [1.165, 1.54) is 0 Å². The van der Waals surface area contributed by atoms with E-state index in [9.17, 15) is 10.4 Å². The minimum absolute atomic E-state index is 0.0640. The topological polar surface area (TPSA) is 59.3 Å². The van der Waals surface area contributed by atoms with Crippen molar-refractivity contribution in [1.82, 2.24) is 5.32 Å². The Morgan fingerprint density at radius 2 is 2.00 bits per heavy atom. The summed E-state index contributed by atoms with van der Waals surface area (Å²) in [4.78, 5) is 2.20. The SMILES string of the molecule is CC(C)(C)NCc1ccc(N2CCC(O)CC2)c(C#N)c1. The van der Waals surface area contributed by atoms with Crippen molar-refractivity contribution in [3.8, 4) is 6.07 Å². The summed E-state index contributed by atoms with van der Waals surface area (Å²) >= 11 is 0. The van der Waals surface area contributed by atoms with E-state index in [-0.39, 0.29) is 11.6 Å². The molecule has 0 aromatic heterocycles. The monoisotopic (exact) mass is 287 g/mol. The van der Waals surface area contributed by atoms with Gasteiger partial charge < -0.3 is 15.3 Å². The minimum atomic E-state index is -0.193. The lowest BCUT2D eigenvalue weighted by atomic mass is 10.0. The van der Waals surface area contributed by atoms with Crippen LogP contribution in [0, 0.1) is 11.3 Å². The zero-order chi connectivity index (χ0) is 15.5. The van der Waals surface area contributed by atoms with Gasteiger partial charge in [0.2, 0.25) is 0 Å². The van der Waals surface area contributed by atoms with Gasteiger partial charge in [0.05, 0.1) is 17.4 Å². The molecule has 0 spiro atoms. The van der Waals surface area contributed by atoms with Crippen LogP contribution in [0.1, 0.15) is 44.7 Å². The maximum atomic E-state index is 9.59. The van der Waals surface area contributed by atoms with Gasteiger partial charge in [-0.3, -0.25) is 0 Å². The van der Waals surface area contributed by atoms with Crippen molar-refractivity contribution in [2.24, 2.45) is 0 Å². The van der Waals surface area contributed by atoms with Gasteiger partial charge in [-0.15, -0.1) is 0 Å². The molecule has 1 heterocycles. The third-order valence-electron chi connectivity index (χ3n) is 3.81. The van der Waals surface area contributed by atoms with E-state index in [1.54, 1.807) is 0 Å². The summed E-state index contributed by atoms with van der Waals surface area (Å²) < 4.78 is 0. The van der Waals surface area contributed by atoms with Gasteiger partial charge >= 0.3 is 0 Å². The normalized spacial score (nSPS) is 16.8. The summed E-state index contributed by atoms with van der Waals surface area (Å²) in [7, 11) is 0. The molecule has 4 heteroatoms. The Bertz CT molecular complexity index is 520. The lowest BCUT2D eigenvalue weighted by Crippen LogP contribution is -2.36. The van der Waals surface area contributed by atoms with Crippen LogP contribution in [0.4, 0.5) is 5.69 Å². The van der Waals surface area contributed by atoms with Gasteiger partial charge in [-0.1, -0.05) is 6.07 Å². The number of hydrogen-bond acceptors (Lipinski definition) is 4. The lowest BCUT2D eigenvalue weighted by Gasteiger charge is -2.32. The third-order valence-corrected chi connectivity index (χ3v) is 3.81. The summed E-state index contributed by atoms with van der Waals surface area (Å²) in [6.45, 7) is 8.78. The maximum absolute atomic E-state index is 9.59. The van der Waals surface area contributed by atoms with Crippen LogP contribution in [0.2, 0.25) is 0 Å². The summed E-state index contributed by atoms with van der Waals surface area (Å²) in [5, 5.41) is 22.4. The number of aliphatic hydroxyl groups excluding tert-OH is 1. The average molecular weight is 287 g/mol. The highest BCUT2D eigenvalue weighted by atomic mass is 16.3. The van der Waals surface area contributed by atoms with Crippen molar-refractivity contribution in [2.75, 3.05) is 18.0 Å². The van der Waals surface area contributed by atoms with Gasteiger partial charge in [-0.05, 0) is 51.3 Å². The van der Waals surface area contributed by atoms with E-state index in [4.69, 9.17) is 0 Å². The molecule has 1 aliphatic heterocycles. The minimum Gasteiger partial charge on any atom is -0.393 e. The Labute approximate surface area is 127 Å². The van der Waals surface area contributed by atoms with E-state index in [1.807, 2.05) is 12.1 Å². The van der Waals surface area contributed by atoms with Crippen LogP contribution in [-0.4, -0.2) is 29.8 Å². The molecule has 1 aromatic carbocycles. The first kappa shape index (κ1) is 15.8. The molecule has 0 unspecified atom stereocenters. The molecule has 0 bridgehead atoms. The molecule has 0 atom stereocenters. The fraction of sp³-hybridized carbons (Fsp3) is 0.588. The Balaban J connectivity index is 2.12. The van der Waals surface area contributed by atoms with Crippen molar-refractivity contribution < 1.29 is 5.11 Å². The molecule has 21 heavy (non-hydrogen) atoms. The molecule has 0 radical (unpaired) electrons. The molecule has 0 aliphatic carbocycles. The Morgan fingerprint density at radius 1 is 1.33 bits per heavy atom. The molecule has 2 N–H and O–H groups in total. The number of nitrogens with one attached hydrogen (secondary N) is 1. The highest BCUT2D eigenvalue weighted by Crippen LogP contribution is 2.25. The standard InChI is InChI=1S/C17H25N3O/c1-17(2,3)19-12-13-4-5-16(14(10-13)11-18)20-8-6-15(21)7-9-20/h4-5,10,15,19,21H,6-9,12H2,1-3H3. The molecule has 2 rings (SSSR count). The second-order valence-corrected chi connectivity index (χ2v) is 6.79. The molecule has 1 saturated heterocycles. The fourth-order valence-corrected chi connectivity index (χ4v) is 2.53. The van der Waals surface area contributed by atoms with Gasteiger partial charge in [0, 0.05) is 25.2 Å². The zero-order valence-electron chi connectivity index (χ0n) is 13.2. The van der Waals surface area contributed by atoms with E-state index in [0.717, 1.165) is 49.3 Å². The lowest BCUT2D eigenvalue weighted by molar-refractivity contribution is 0.145. The van der Waals surface area contributed by atoms with Crippen LogP contribution in [0.15, 0.2) is 18.2 Å². The second-order valence-electron chi connectivity index (χ2n) is 6.79. The predicted molar refractivity (Wildman–Crippen MR) is 85.2 cm³/mol. The van der Waals surface area contributed by atoms with Crippen LogP contribution >= 0.6 is 0 Å².